The largest absolute Gasteiger partial charge is 0.460 e. The molecule has 0 bridgehead atoms. The third kappa shape index (κ3) is 23.3. The van der Waals surface area contributed by atoms with Crippen LogP contribution in [0.2, 0.25) is 36.3 Å². The molecule has 2 N–H and O–H groups in total. The lowest BCUT2D eigenvalue weighted by molar-refractivity contribution is 0.0596. The summed E-state index contributed by atoms with van der Waals surface area (Å²) in [5.74, 6) is 0. The van der Waals surface area contributed by atoms with Crippen molar-refractivity contribution in [3.8, 4) is 18.0 Å². The van der Waals surface area contributed by atoms with Gasteiger partial charge in [-0.2, -0.15) is 8.42 Å². The van der Waals surface area contributed by atoms with Crippen LogP contribution in [0.4, 0.5) is 0 Å². The van der Waals surface area contributed by atoms with Gasteiger partial charge < -0.3 is 33.3 Å². The van der Waals surface area contributed by atoms with E-state index in [1.54, 1.807) is 37.2 Å². The summed E-state index contributed by atoms with van der Waals surface area (Å²) in [7, 11) is -6.63. The van der Waals surface area contributed by atoms with Crippen LogP contribution in [-0.4, -0.2) is 120 Å². The lowest BCUT2D eigenvalue weighted by Crippen LogP contribution is -2.45. The molecule has 72 heavy (non-hydrogen) atoms. The summed E-state index contributed by atoms with van der Waals surface area (Å²) >= 11 is 0. The second kappa shape index (κ2) is 28.9. The molecule has 0 spiro atoms. The normalized spacial score (nSPS) is 25.1. The second-order valence-electron chi connectivity index (χ2n) is 23.2. The Balaban J connectivity index is 0.000000256. The molecule has 20 heteroatoms. The van der Waals surface area contributed by atoms with Crippen LogP contribution >= 0.6 is 12.4 Å². The molecule has 16 nitrogen and oxygen atoms in total. The van der Waals surface area contributed by atoms with Gasteiger partial charge in [0.05, 0.1) is 24.6 Å². The number of aliphatic hydroxyl groups is 2. The monoisotopic (exact) mass is 1080 g/mol. The summed E-state index contributed by atoms with van der Waals surface area (Å²) in [6, 6.07) is 1.32. The molecule has 0 aromatic carbocycles. The van der Waals surface area contributed by atoms with Gasteiger partial charge in [0, 0.05) is 49.4 Å². The second-order valence-corrected chi connectivity index (χ2v) is 34.3. The van der Waals surface area contributed by atoms with Crippen LogP contribution < -0.4 is 14.2 Å². The number of ether oxygens (including phenoxy) is 3. The van der Waals surface area contributed by atoms with Gasteiger partial charge >= 0.3 is 18.0 Å². The van der Waals surface area contributed by atoms with Crippen molar-refractivity contribution >= 4 is 39.2 Å². The molecular formula is C52H91ClN6O10SSi2. The smallest absolute Gasteiger partial charge is 0.316 e. The summed E-state index contributed by atoms with van der Waals surface area (Å²) in [5, 5.41) is 19.4. The predicted octanol–water partition coefficient (Wildman–Crippen LogP) is 11.1. The molecule has 3 aromatic heterocycles. The fraction of sp³-hybridized carbons (Fsp3) is 0.769. The quantitative estimate of drug-likeness (QED) is 0.128. The fourth-order valence-electron chi connectivity index (χ4n) is 8.05. The first kappa shape index (κ1) is 63.4. The zero-order chi connectivity index (χ0) is 52.6. The molecule has 410 valence electrons. The van der Waals surface area contributed by atoms with Crippen LogP contribution in [0.3, 0.4) is 0 Å². The molecule has 0 saturated heterocycles. The number of aliphatic hydroxyl groups excluding tert-OH is 2. The fourth-order valence-corrected chi connectivity index (χ4v) is 11.6. The van der Waals surface area contributed by atoms with Gasteiger partial charge in [0.15, 0.2) is 16.6 Å². The molecule has 4 aliphatic carbocycles. The first-order valence-electron chi connectivity index (χ1n) is 26.0. The number of hydrogen-bond donors (Lipinski definition) is 2. The van der Waals surface area contributed by atoms with Crippen molar-refractivity contribution in [3.05, 3.63) is 53.9 Å². The van der Waals surface area contributed by atoms with Gasteiger partial charge in [0.1, 0.15) is 18.3 Å². The third-order valence-electron chi connectivity index (χ3n) is 14.5. The molecule has 0 amide bonds. The molecular weight excluding hydrogens is 992 g/mol. The molecule has 0 unspecified atom stereocenters. The van der Waals surface area contributed by atoms with Crippen molar-refractivity contribution < 1.29 is 45.9 Å². The van der Waals surface area contributed by atoms with E-state index in [1.165, 1.54) is 0 Å². The van der Waals surface area contributed by atoms with Gasteiger partial charge in [-0.25, -0.2) is 29.9 Å². The van der Waals surface area contributed by atoms with E-state index in [1.807, 2.05) is 20.8 Å². The molecule has 4 fully saturated rings. The number of aromatic nitrogens is 6. The highest BCUT2D eigenvalue weighted by Gasteiger charge is 2.41. The standard InChI is InChI=1S/C17H30N2O2Si.C12H18N2O4S.C12H26O2Si.C11H16N2O2.ClH/c1-13-11-18-16(19-12-13)20-14-7-9-15(10-8-14)21-22(5,6)17(2,3)4;1-9-7-13-12(14-8-9)17-10-3-5-11(6-4-10)18-19(2,15)16;1-12(2,3)15(4,5)14-11-8-6-10(13)7-9-11;1-8-6-12-11(13-7-8)15-10-4-2-9(14)3-5-10;/h11-12,14-15H,7-10H2,1-6H3;7-8,10-11H,3-6H2,1-2H3;10-11,13H,6-9H2,1-5H3;6-7,9-10,14H,2-5H2,1H3;1H. The molecule has 4 aliphatic rings. The Bertz CT molecular complexity index is 2080. The lowest BCUT2D eigenvalue weighted by atomic mass is 9.95. The number of hydrogen-bond acceptors (Lipinski definition) is 16. The van der Waals surface area contributed by atoms with Gasteiger partial charge in [-0.3, -0.25) is 4.18 Å². The van der Waals surface area contributed by atoms with Crippen molar-refractivity contribution in [2.75, 3.05) is 6.26 Å². The summed E-state index contributed by atoms with van der Waals surface area (Å²) < 4.78 is 57.0. The Morgan fingerprint density at radius 3 is 0.917 bits per heavy atom. The Labute approximate surface area is 441 Å². The highest BCUT2D eigenvalue weighted by Crippen LogP contribution is 2.40. The van der Waals surface area contributed by atoms with Crippen LogP contribution in [0.1, 0.15) is 161 Å². The Morgan fingerprint density at radius 2 is 0.667 bits per heavy atom. The number of aryl methyl sites for hydroxylation is 3. The van der Waals surface area contributed by atoms with Gasteiger partial charge in [-0.05, 0) is 176 Å². The minimum atomic E-state index is -3.37. The Kier molecular flexibility index (Phi) is 25.4. The molecule has 7 rings (SSSR count). The van der Waals surface area contributed by atoms with Gasteiger partial charge in [0.2, 0.25) is 0 Å². The maximum atomic E-state index is 11.0. The topological polar surface area (TPSA) is 207 Å². The summed E-state index contributed by atoms with van der Waals surface area (Å²) in [4.78, 5) is 24.8. The van der Waals surface area contributed by atoms with Crippen molar-refractivity contribution in [1.29, 1.82) is 0 Å². The van der Waals surface area contributed by atoms with Gasteiger partial charge in [-0.15, -0.1) is 12.4 Å². The molecule has 4 saturated carbocycles. The maximum Gasteiger partial charge on any atom is 0.316 e. The number of nitrogens with zero attached hydrogens (tertiary/aromatic N) is 6. The molecule has 3 heterocycles. The number of halogens is 1. The Hall–Kier alpha value is -2.89. The summed E-state index contributed by atoms with van der Waals surface area (Å²) in [6.07, 6.45) is 26.7. The van der Waals surface area contributed by atoms with Crippen LogP contribution in [0.15, 0.2) is 37.2 Å². The molecule has 0 aliphatic heterocycles. The van der Waals surface area contributed by atoms with E-state index in [4.69, 9.17) is 27.2 Å². The Morgan fingerprint density at radius 1 is 0.444 bits per heavy atom. The first-order valence-corrected chi connectivity index (χ1v) is 33.6. The van der Waals surface area contributed by atoms with Gasteiger partial charge in [0.25, 0.3) is 10.1 Å². The lowest BCUT2D eigenvalue weighted by Gasteiger charge is -2.41. The minimum absolute atomic E-state index is 0. The number of rotatable bonds is 12. The van der Waals surface area contributed by atoms with E-state index in [0.717, 1.165) is 113 Å². The average molecular weight is 1080 g/mol. The first-order chi connectivity index (χ1) is 33.1. The van der Waals surface area contributed by atoms with Crippen molar-refractivity contribution in [2.24, 2.45) is 0 Å². The molecule has 3 aromatic rings. The maximum absolute atomic E-state index is 11.0. The van der Waals surface area contributed by atoms with Crippen LogP contribution in [0, 0.1) is 20.8 Å². The van der Waals surface area contributed by atoms with Crippen molar-refractivity contribution in [1.82, 2.24) is 29.9 Å². The van der Waals surface area contributed by atoms with Crippen LogP contribution in [-0.2, 0) is 23.2 Å². The molecule has 0 radical (unpaired) electrons. The van der Waals surface area contributed by atoms with E-state index in [0.29, 0.717) is 48.1 Å². The van der Waals surface area contributed by atoms with E-state index in [9.17, 15) is 18.6 Å². The SMILES string of the molecule is CC(C)(C)[Si](C)(C)OC1CCC(O)CC1.Cc1cnc(OC2CCC(O)CC2)nc1.Cc1cnc(OC2CCC(OS(C)(=O)=O)CC2)nc1.Cc1cnc(OC2CCC(O[Si](C)(C)C(C)(C)C)CC2)nc1.Cl. The summed E-state index contributed by atoms with van der Waals surface area (Å²) in [6.45, 7) is 28.8. The minimum Gasteiger partial charge on any atom is -0.460 e. The summed E-state index contributed by atoms with van der Waals surface area (Å²) in [5.41, 5.74) is 3.07. The van der Waals surface area contributed by atoms with Crippen molar-refractivity contribution in [2.45, 2.75) is 250 Å². The highest BCUT2D eigenvalue weighted by atomic mass is 35.5. The zero-order valence-corrected chi connectivity index (χ0v) is 49.7. The van der Waals surface area contributed by atoms with E-state index in [-0.39, 0.29) is 54.1 Å². The van der Waals surface area contributed by atoms with E-state index < -0.39 is 26.8 Å². The average Bonchev–Trinajstić information content (AvgIpc) is 3.28. The van der Waals surface area contributed by atoms with Gasteiger partial charge in [-0.1, -0.05) is 41.5 Å². The van der Waals surface area contributed by atoms with E-state index in [2.05, 4.69) is 97.6 Å². The zero-order valence-electron chi connectivity index (χ0n) is 46.1. The highest BCUT2D eigenvalue weighted by molar-refractivity contribution is 7.86. The van der Waals surface area contributed by atoms with Crippen molar-refractivity contribution in [3.63, 3.8) is 0 Å². The predicted molar refractivity (Wildman–Crippen MR) is 291 cm³/mol. The van der Waals surface area contributed by atoms with E-state index >= 15 is 0 Å². The van der Waals surface area contributed by atoms with Crippen LogP contribution in [0.25, 0.3) is 0 Å². The molecule has 0 atom stereocenters. The van der Waals surface area contributed by atoms with Crippen LogP contribution in [0.5, 0.6) is 18.0 Å². The third-order valence-corrected chi connectivity index (χ3v) is 24.2.